The van der Waals surface area contributed by atoms with Crippen LogP contribution in [0.3, 0.4) is 0 Å². The summed E-state index contributed by atoms with van der Waals surface area (Å²) in [5, 5.41) is 3.61. The molecule has 0 heterocycles. The van der Waals surface area contributed by atoms with E-state index in [2.05, 4.69) is 89.6 Å². The Morgan fingerprint density at radius 1 is 1.04 bits per heavy atom. The number of nitrogens with one attached hydrogen (secondary N) is 1. The Bertz CT molecular complexity index is 849. The van der Waals surface area contributed by atoms with E-state index in [9.17, 15) is 0 Å². The van der Waals surface area contributed by atoms with Crippen LogP contribution in [0.25, 0.3) is 0 Å². The van der Waals surface area contributed by atoms with Gasteiger partial charge in [-0.1, -0.05) is 40.3 Å². The predicted octanol–water partition coefficient (Wildman–Crippen LogP) is 6.94. The monoisotopic (exact) mass is 376 g/mol. The Hall–Kier alpha value is -2.35. The van der Waals surface area contributed by atoms with Crippen molar-refractivity contribution in [2.24, 2.45) is 10.9 Å². The van der Waals surface area contributed by atoms with Crippen LogP contribution < -0.4 is 5.32 Å². The van der Waals surface area contributed by atoms with Crippen molar-refractivity contribution in [3.8, 4) is 0 Å². The highest BCUT2D eigenvalue weighted by Crippen LogP contribution is 2.25. The highest BCUT2D eigenvalue weighted by Gasteiger charge is 2.13. The van der Waals surface area contributed by atoms with Crippen molar-refractivity contribution in [1.82, 2.24) is 0 Å². The average molecular weight is 377 g/mol. The van der Waals surface area contributed by atoms with E-state index < -0.39 is 0 Å². The van der Waals surface area contributed by atoms with Crippen LogP contribution in [-0.2, 0) is 19.3 Å². The quantitative estimate of drug-likeness (QED) is 0.411. The van der Waals surface area contributed by atoms with Crippen LogP contribution in [0, 0.1) is 26.7 Å². The second-order valence-electron chi connectivity index (χ2n) is 8.11. The molecule has 2 aromatic rings. The van der Waals surface area contributed by atoms with Crippen molar-refractivity contribution >= 4 is 11.5 Å². The van der Waals surface area contributed by atoms with Gasteiger partial charge in [-0.3, -0.25) is 0 Å². The first-order valence-corrected chi connectivity index (χ1v) is 10.5. The van der Waals surface area contributed by atoms with Gasteiger partial charge in [-0.25, -0.2) is 4.99 Å². The summed E-state index contributed by atoms with van der Waals surface area (Å²) in [4.78, 5) is 4.58. The molecular formula is C26H36N2. The molecule has 0 unspecified atom stereocenters. The molecule has 0 spiro atoms. The van der Waals surface area contributed by atoms with E-state index in [1.807, 2.05) is 0 Å². The highest BCUT2D eigenvalue weighted by atomic mass is 15.0. The second-order valence-corrected chi connectivity index (χ2v) is 8.11. The third kappa shape index (κ3) is 5.13. The lowest BCUT2D eigenvalue weighted by molar-refractivity contribution is 0.642. The molecular weight excluding hydrogens is 340 g/mol. The zero-order valence-corrected chi connectivity index (χ0v) is 18.7. The lowest BCUT2D eigenvalue weighted by Gasteiger charge is -2.19. The van der Waals surface area contributed by atoms with Gasteiger partial charge in [0.25, 0.3) is 0 Å². The van der Waals surface area contributed by atoms with Crippen LogP contribution in [0.1, 0.15) is 66.6 Å². The van der Waals surface area contributed by atoms with Crippen LogP contribution >= 0.6 is 0 Å². The first-order chi connectivity index (χ1) is 13.3. The molecule has 2 nitrogen and oxygen atoms in total. The molecule has 0 atom stereocenters. The number of benzene rings is 2. The van der Waals surface area contributed by atoms with E-state index in [0.717, 1.165) is 36.3 Å². The summed E-state index contributed by atoms with van der Waals surface area (Å²) in [6.07, 6.45) is 4.79. The summed E-state index contributed by atoms with van der Waals surface area (Å²) >= 11 is 0. The first-order valence-electron chi connectivity index (χ1n) is 10.5. The molecule has 0 aliphatic heterocycles. The van der Waals surface area contributed by atoms with Gasteiger partial charge in [0.1, 0.15) is 5.84 Å². The van der Waals surface area contributed by atoms with E-state index in [1.165, 1.54) is 33.4 Å². The van der Waals surface area contributed by atoms with Gasteiger partial charge >= 0.3 is 0 Å². The zero-order valence-electron chi connectivity index (χ0n) is 18.7. The summed E-state index contributed by atoms with van der Waals surface area (Å²) in [6.45, 7) is 19.4. The van der Waals surface area contributed by atoms with Gasteiger partial charge in [-0.2, -0.15) is 0 Å². The zero-order chi connectivity index (χ0) is 20.8. The smallest absolute Gasteiger partial charge is 0.137 e. The van der Waals surface area contributed by atoms with E-state index in [4.69, 9.17) is 0 Å². The summed E-state index contributed by atoms with van der Waals surface area (Å²) in [5.41, 5.74) is 10.4. The van der Waals surface area contributed by atoms with E-state index in [1.54, 1.807) is 6.20 Å². The maximum absolute atomic E-state index is 4.58. The number of amidine groups is 1. The molecule has 0 aliphatic carbocycles. The minimum absolute atomic E-state index is 0.648. The van der Waals surface area contributed by atoms with Crippen molar-refractivity contribution in [2.45, 2.75) is 67.7 Å². The molecule has 0 saturated carbocycles. The molecule has 0 radical (unpaired) electrons. The van der Waals surface area contributed by atoms with Gasteiger partial charge < -0.3 is 5.32 Å². The second kappa shape index (κ2) is 9.73. The number of aliphatic imine (C=N–C) groups is 1. The van der Waals surface area contributed by atoms with Crippen molar-refractivity contribution in [3.05, 3.63) is 76.0 Å². The molecule has 0 amide bonds. The molecule has 0 aliphatic rings. The molecule has 2 heteroatoms. The number of rotatable bonds is 7. The SMILES string of the molecule is C=CN=C(Nc1cc(CC)cc(CC)c1C)c1cc(C)c(CC(C)C)c(C)c1. The lowest BCUT2D eigenvalue weighted by Crippen LogP contribution is -2.16. The van der Waals surface area contributed by atoms with Gasteiger partial charge in [0, 0.05) is 17.5 Å². The van der Waals surface area contributed by atoms with Gasteiger partial charge in [0.15, 0.2) is 0 Å². The van der Waals surface area contributed by atoms with Crippen LogP contribution in [-0.4, -0.2) is 5.84 Å². The molecule has 0 saturated heterocycles. The Labute approximate surface area is 171 Å². The summed E-state index contributed by atoms with van der Waals surface area (Å²) in [7, 11) is 0. The normalized spacial score (nSPS) is 11.8. The van der Waals surface area contributed by atoms with Gasteiger partial charge in [0.2, 0.25) is 0 Å². The van der Waals surface area contributed by atoms with Crippen LogP contribution in [0.5, 0.6) is 0 Å². The summed E-state index contributed by atoms with van der Waals surface area (Å²) in [5.74, 6) is 1.50. The molecule has 150 valence electrons. The average Bonchev–Trinajstić information content (AvgIpc) is 2.65. The standard InChI is InChI=1S/C26H36N2/c1-9-21-15-22(10-2)20(8)25(16-21)28-26(27-11-3)23-13-18(6)24(12-17(4)5)19(7)14-23/h11,13-17H,3,9-10,12H2,1-2,4-8H3,(H,27,28). The maximum atomic E-state index is 4.58. The fourth-order valence-electron chi connectivity index (χ4n) is 3.80. The third-order valence-electron chi connectivity index (χ3n) is 5.42. The van der Waals surface area contributed by atoms with Crippen molar-refractivity contribution in [3.63, 3.8) is 0 Å². The molecule has 1 N–H and O–H groups in total. The minimum atomic E-state index is 0.648. The predicted molar refractivity (Wildman–Crippen MR) is 125 cm³/mol. The van der Waals surface area contributed by atoms with E-state index >= 15 is 0 Å². The molecule has 0 bridgehead atoms. The van der Waals surface area contributed by atoms with E-state index in [0.29, 0.717) is 5.92 Å². The highest BCUT2D eigenvalue weighted by molar-refractivity contribution is 6.09. The van der Waals surface area contributed by atoms with Gasteiger partial charge in [-0.05, 0) is 97.5 Å². The Balaban J connectivity index is 2.48. The number of hydrogen-bond acceptors (Lipinski definition) is 1. The summed E-state index contributed by atoms with van der Waals surface area (Å²) in [6, 6.07) is 9.07. The van der Waals surface area contributed by atoms with Crippen molar-refractivity contribution in [1.29, 1.82) is 0 Å². The topological polar surface area (TPSA) is 24.4 Å². The van der Waals surface area contributed by atoms with E-state index in [-0.39, 0.29) is 0 Å². The van der Waals surface area contributed by atoms with Crippen LogP contribution in [0.2, 0.25) is 0 Å². The first kappa shape index (κ1) is 21.9. The Kier molecular flexibility index (Phi) is 7.62. The molecule has 0 aromatic heterocycles. The van der Waals surface area contributed by atoms with Gasteiger partial charge in [0.05, 0.1) is 0 Å². The fraction of sp³-hybridized carbons (Fsp3) is 0.423. The molecule has 2 aromatic carbocycles. The molecule has 2 rings (SSSR count). The largest absolute Gasteiger partial charge is 0.340 e. The Morgan fingerprint density at radius 2 is 1.68 bits per heavy atom. The fourth-order valence-corrected chi connectivity index (χ4v) is 3.80. The summed E-state index contributed by atoms with van der Waals surface area (Å²) < 4.78 is 0. The lowest BCUT2D eigenvalue weighted by atomic mass is 9.92. The molecule has 0 fully saturated rings. The van der Waals surface area contributed by atoms with Crippen molar-refractivity contribution < 1.29 is 0 Å². The number of nitrogens with zero attached hydrogens (tertiary/aromatic N) is 1. The minimum Gasteiger partial charge on any atom is -0.340 e. The molecule has 28 heavy (non-hydrogen) atoms. The number of hydrogen-bond donors (Lipinski definition) is 1. The van der Waals surface area contributed by atoms with Gasteiger partial charge in [-0.15, -0.1) is 0 Å². The van der Waals surface area contributed by atoms with Crippen LogP contribution in [0.4, 0.5) is 5.69 Å². The number of aryl methyl sites for hydroxylation is 4. The van der Waals surface area contributed by atoms with Crippen LogP contribution in [0.15, 0.2) is 42.0 Å². The number of anilines is 1. The third-order valence-corrected chi connectivity index (χ3v) is 5.42. The van der Waals surface area contributed by atoms with Crippen molar-refractivity contribution in [2.75, 3.05) is 5.32 Å². The maximum Gasteiger partial charge on any atom is 0.137 e. The Morgan fingerprint density at radius 3 is 2.18 bits per heavy atom.